The molecule has 0 aromatic carbocycles. The van der Waals surface area contributed by atoms with E-state index in [1.54, 1.807) is 0 Å². The number of nitrogens with one attached hydrogen (secondary N) is 1. The Morgan fingerprint density at radius 1 is 1.32 bits per heavy atom. The van der Waals surface area contributed by atoms with Gasteiger partial charge in [0.15, 0.2) is 9.84 Å². The van der Waals surface area contributed by atoms with Crippen molar-refractivity contribution in [2.45, 2.75) is 52.2 Å². The van der Waals surface area contributed by atoms with E-state index in [2.05, 4.69) is 15.3 Å². The molecule has 7 nitrogen and oxygen atoms in total. The van der Waals surface area contributed by atoms with Gasteiger partial charge in [0.25, 0.3) is 0 Å². The summed E-state index contributed by atoms with van der Waals surface area (Å²) in [6.07, 6.45) is 4.16. The van der Waals surface area contributed by atoms with Gasteiger partial charge in [-0.3, -0.25) is 14.4 Å². The van der Waals surface area contributed by atoms with Crippen molar-refractivity contribution < 1.29 is 13.2 Å². The van der Waals surface area contributed by atoms with Crippen LogP contribution in [0.5, 0.6) is 0 Å². The number of hydrogen-bond acceptors (Lipinski definition) is 5. The Kier molecular flexibility index (Phi) is 5.48. The minimum Gasteiger partial charge on any atom is -0.352 e. The number of nitrogens with zero attached hydrogens (tertiary/aromatic N) is 3. The molecule has 2 aliphatic rings. The zero-order valence-electron chi connectivity index (χ0n) is 15.1. The highest BCUT2D eigenvalue weighted by Gasteiger charge is 2.35. The molecule has 8 heteroatoms. The smallest absolute Gasteiger partial charge is 0.223 e. The molecule has 3 heterocycles. The third kappa shape index (κ3) is 4.23. The minimum atomic E-state index is -2.85. The summed E-state index contributed by atoms with van der Waals surface area (Å²) in [6, 6.07) is 0.150. The fourth-order valence-corrected chi connectivity index (χ4v) is 5.66. The molecule has 1 aromatic rings. The van der Waals surface area contributed by atoms with E-state index in [0.29, 0.717) is 12.3 Å². The lowest BCUT2D eigenvalue weighted by Gasteiger charge is -2.34. The largest absolute Gasteiger partial charge is 0.352 e. The predicted molar refractivity (Wildman–Crippen MR) is 95.8 cm³/mol. The summed E-state index contributed by atoms with van der Waals surface area (Å²) in [6.45, 7) is 7.04. The molecule has 25 heavy (non-hydrogen) atoms. The van der Waals surface area contributed by atoms with E-state index in [1.807, 2.05) is 24.7 Å². The molecule has 0 aliphatic carbocycles. The second-order valence-corrected chi connectivity index (χ2v) is 9.38. The summed E-state index contributed by atoms with van der Waals surface area (Å²) in [5.41, 5.74) is 2.16. The number of piperidine rings is 1. The van der Waals surface area contributed by atoms with E-state index in [1.165, 1.54) is 0 Å². The fraction of sp³-hybridized carbons (Fsp3) is 0.765. The number of aryl methyl sites for hydroxylation is 1. The maximum atomic E-state index is 12.4. The number of carbonyl (C=O) groups excluding carboxylic acids is 1. The van der Waals surface area contributed by atoms with Crippen LogP contribution in [0.15, 0.2) is 6.20 Å². The summed E-state index contributed by atoms with van der Waals surface area (Å²) in [7, 11) is -2.85. The zero-order chi connectivity index (χ0) is 18.0. The van der Waals surface area contributed by atoms with Gasteiger partial charge < -0.3 is 5.32 Å². The van der Waals surface area contributed by atoms with Gasteiger partial charge >= 0.3 is 0 Å². The average Bonchev–Trinajstić information content (AvgIpc) is 3.14. The van der Waals surface area contributed by atoms with Crippen LogP contribution >= 0.6 is 0 Å². The van der Waals surface area contributed by atoms with Gasteiger partial charge in [0.2, 0.25) is 5.91 Å². The molecule has 140 valence electrons. The van der Waals surface area contributed by atoms with E-state index in [4.69, 9.17) is 0 Å². The van der Waals surface area contributed by atoms with Crippen molar-refractivity contribution in [2.24, 2.45) is 5.92 Å². The maximum Gasteiger partial charge on any atom is 0.223 e. The topological polar surface area (TPSA) is 84.3 Å². The Morgan fingerprint density at radius 2 is 2.04 bits per heavy atom. The Labute approximate surface area is 149 Å². The molecule has 2 aliphatic heterocycles. The summed E-state index contributed by atoms with van der Waals surface area (Å²) >= 11 is 0. The van der Waals surface area contributed by atoms with Crippen LogP contribution in [-0.4, -0.2) is 59.6 Å². The quantitative estimate of drug-likeness (QED) is 0.828. The van der Waals surface area contributed by atoms with E-state index < -0.39 is 9.84 Å². The van der Waals surface area contributed by atoms with Gasteiger partial charge in [-0.1, -0.05) is 0 Å². The summed E-state index contributed by atoms with van der Waals surface area (Å²) in [4.78, 5) is 14.7. The van der Waals surface area contributed by atoms with Gasteiger partial charge in [-0.05, 0) is 46.2 Å². The van der Waals surface area contributed by atoms with Crippen molar-refractivity contribution in [3.8, 4) is 0 Å². The van der Waals surface area contributed by atoms with Crippen LogP contribution in [-0.2, 0) is 27.7 Å². The van der Waals surface area contributed by atoms with E-state index in [9.17, 15) is 13.2 Å². The second kappa shape index (κ2) is 7.45. The van der Waals surface area contributed by atoms with Gasteiger partial charge in [-0.2, -0.15) is 5.10 Å². The van der Waals surface area contributed by atoms with Gasteiger partial charge in [0.1, 0.15) is 0 Å². The molecule has 2 fully saturated rings. The Balaban J connectivity index is 1.46. The summed E-state index contributed by atoms with van der Waals surface area (Å²) in [5, 5.41) is 7.34. The molecule has 1 unspecified atom stereocenters. The number of carbonyl (C=O) groups is 1. The van der Waals surface area contributed by atoms with Gasteiger partial charge in [-0.15, -0.1) is 0 Å². The molecule has 0 saturated carbocycles. The van der Waals surface area contributed by atoms with Gasteiger partial charge in [0.05, 0.1) is 17.7 Å². The van der Waals surface area contributed by atoms with E-state index in [0.717, 1.165) is 50.2 Å². The average molecular weight is 369 g/mol. The maximum absolute atomic E-state index is 12.4. The Hall–Kier alpha value is -1.41. The standard InChI is InChI=1S/C17H28N4O3S/c1-3-21-13(2)15(11-19-21)10-18-17(22)14-4-7-20(8-5-14)16-6-9-25(23,24)12-16/h11,14,16H,3-10,12H2,1-2H3,(H,18,22). The molecule has 1 N–H and O–H groups in total. The van der Waals surface area contributed by atoms with Crippen molar-refractivity contribution in [3.05, 3.63) is 17.5 Å². The summed E-state index contributed by atoms with van der Waals surface area (Å²) < 4.78 is 25.2. The minimum absolute atomic E-state index is 0.0239. The number of aromatic nitrogens is 2. The van der Waals surface area contributed by atoms with Crippen molar-refractivity contribution in [2.75, 3.05) is 24.6 Å². The highest BCUT2D eigenvalue weighted by atomic mass is 32.2. The van der Waals surface area contributed by atoms with Crippen molar-refractivity contribution >= 4 is 15.7 Å². The molecule has 1 atom stereocenters. The third-order valence-electron chi connectivity index (χ3n) is 5.58. The number of amides is 1. The Bertz CT molecular complexity index is 720. The summed E-state index contributed by atoms with van der Waals surface area (Å²) in [5.74, 6) is 0.714. The molecule has 0 bridgehead atoms. The molecule has 0 radical (unpaired) electrons. The first-order valence-electron chi connectivity index (χ1n) is 9.13. The highest BCUT2D eigenvalue weighted by Crippen LogP contribution is 2.24. The molecule has 3 rings (SSSR count). The predicted octanol–water partition coefficient (Wildman–Crippen LogP) is 0.727. The van der Waals surface area contributed by atoms with Crippen LogP contribution in [0.25, 0.3) is 0 Å². The molecular weight excluding hydrogens is 340 g/mol. The van der Waals surface area contributed by atoms with Gasteiger partial charge in [0, 0.05) is 36.3 Å². The van der Waals surface area contributed by atoms with Crippen LogP contribution in [0, 0.1) is 12.8 Å². The first-order chi connectivity index (χ1) is 11.9. The fourth-order valence-electron chi connectivity index (χ4n) is 3.89. The first kappa shape index (κ1) is 18.4. The number of likely N-dealkylation sites (tertiary alicyclic amines) is 1. The Morgan fingerprint density at radius 3 is 2.60 bits per heavy atom. The second-order valence-electron chi connectivity index (χ2n) is 7.16. The lowest BCUT2D eigenvalue weighted by molar-refractivity contribution is -0.126. The van der Waals surface area contributed by atoms with E-state index >= 15 is 0 Å². The van der Waals surface area contributed by atoms with Gasteiger partial charge in [-0.25, -0.2) is 8.42 Å². The SMILES string of the molecule is CCn1ncc(CNC(=O)C2CCN(C3CCS(=O)(=O)C3)CC2)c1C. The van der Waals surface area contributed by atoms with Crippen LogP contribution in [0.2, 0.25) is 0 Å². The number of sulfone groups is 1. The highest BCUT2D eigenvalue weighted by molar-refractivity contribution is 7.91. The first-order valence-corrected chi connectivity index (χ1v) is 10.9. The monoisotopic (exact) mass is 368 g/mol. The van der Waals surface area contributed by atoms with E-state index in [-0.39, 0.29) is 23.6 Å². The molecule has 1 amide bonds. The van der Waals surface area contributed by atoms with Crippen LogP contribution in [0.1, 0.15) is 37.4 Å². The number of rotatable bonds is 5. The van der Waals surface area contributed by atoms with Crippen molar-refractivity contribution in [3.63, 3.8) is 0 Å². The normalized spacial score (nSPS) is 24.5. The molecular formula is C17H28N4O3S. The lowest BCUT2D eigenvalue weighted by atomic mass is 9.94. The third-order valence-corrected chi connectivity index (χ3v) is 7.33. The molecule has 0 spiro atoms. The zero-order valence-corrected chi connectivity index (χ0v) is 15.9. The van der Waals surface area contributed by atoms with Crippen molar-refractivity contribution in [1.82, 2.24) is 20.0 Å². The van der Waals surface area contributed by atoms with Crippen LogP contribution in [0.3, 0.4) is 0 Å². The van der Waals surface area contributed by atoms with Crippen LogP contribution in [0.4, 0.5) is 0 Å². The van der Waals surface area contributed by atoms with Crippen molar-refractivity contribution in [1.29, 1.82) is 0 Å². The number of hydrogen-bond donors (Lipinski definition) is 1. The van der Waals surface area contributed by atoms with Crippen LogP contribution < -0.4 is 5.32 Å². The lowest BCUT2D eigenvalue weighted by Crippen LogP contribution is -2.45. The molecule has 2 saturated heterocycles. The molecule has 1 aromatic heterocycles.